The van der Waals surface area contributed by atoms with Crippen molar-refractivity contribution in [1.29, 1.82) is 0 Å². The number of rotatable bonds is 2. The predicted octanol–water partition coefficient (Wildman–Crippen LogP) is 4.09. The maximum Gasteiger partial charge on any atom is 0.169 e. The Morgan fingerprint density at radius 1 is 1.06 bits per heavy atom. The Bertz CT molecular complexity index is 514. The molecule has 0 unspecified atom stereocenters. The largest absolute Gasteiger partial charge is 0.504 e. The minimum Gasteiger partial charge on any atom is -0.504 e. The van der Waals surface area contributed by atoms with Crippen LogP contribution in [0.4, 0.5) is 4.39 Å². The van der Waals surface area contributed by atoms with Crippen LogP contribution < -0.4 is 4.74 Å². The summed E-state index contributed by atoms with van der Waals surface area (Å²) in [5.74, 6) is -0.212. The molecule has 1 N–H and O–H groups in total. The van der Waals surface area contributed by atoms with E-state index in [1.807, 2.05) is 0 Å². The summed E-state index contributed by atoms with van der Waals surface area (Å²) >= 11 is 3.15. The lowest BCUT2D eigenvalue weighted by Crippen LogP contribution is -1.88. The van der Waals surface area contributed by atoms with Gasteiger partial charge in [0.15, 0.2) is 23.1 Å². The molecule has 2 nitrogen and oxygen atoms in total. The predicted molar refractivity (Wildman–Crippen MR) is 62.3 cm³/mol. The highest BCUT2D eigenvalue weighted by Crippen LogP contribution is 2.32. The SMILES string of the molecule is Oc1ccccc1Oc1ccc(Br)cc1F. The van der Waals surface area contributed by atoms with Crippen LogP contribution in [0.15, 0.2) is 46.9 Å². The number of aromatic hydroxyl groups is 1. The van der Waals surface area contributed by atoms with Crippen LogP contribution in [0.3, 0.4) is 0 Å². The molecular formula is C12H8BrFO2. The number of benzene rings is 2. The second kappa shape index (κ2) is 4.53. The third kappa shape index (κ3) is 2.33. The van der Waals surface area contributed by atoms with Crippen molar-refractivity contribution in [2.75, 3.05) is 0 Å². The molecule has 0 aliphatic heterocycles. The molecule has 0 saturated heterocycles. The smallest absolute Gasteiger partial charge is 0.169 e. The van der Waals surface area contributed by atoms with Gasteiger partial charge in [0.25, 0.3) is 0 Å². The van der Waals surface area contributed by atoms with E-state index in [0.29, 0.717) is 4.47 Å². The fourth-order valence-electron chi connectivity index (χ4n) is 1.22. The van der Waals surface area contributed by atoms with E-state index in [1.54, 1.807) is 24.3 Å². The number of halogens is 2. The van der Waals surface area contributed by atoms with Gasteiger partial charge in [0.2, 0.25) is 0 Å². The van der Waals surface area contributed by atoms with Crippen molar-refractivity contribution < 1.29 is 14.2 Å². The molecule has 0 saturated carbocycles. The number of hydrogen-bond donors (Lipinski definition) is 1. The van der Waals surface area contributed by atoms with Crippen LogP contribution in [0.1, 0.15) is 0 Å². The summed E-state index contributed by atoms with van der Waals surface area (Å²) in [6, 6.07) is 10.9. The van der Waals surface area contributed by atoms with E-state index in [2.05, 4.69) is 15.9 Å². The van der Waals surface area contributed by atoms with Gasteiger partial charge >= 0.3 is 0 Å². The van der Waals surface area contributed by atoms with Crippen molar-refractivity contribution in [2.45, 2.75) is 0 Å². The Hall–Kier alpha value is -1.55. The topological polar surface area (TPSA) is 29.5 Å². The van der Waals surface area contributed by atoms with Crippen LogP contribution >= 0.6 is 15.9 Å². The van der Waals surface area contributed by atoms with Gasteiger partial charge < -0.3 is 9.84 Å². The van der Waals surface area contributed by atoms with E-state index in [0.717, 1.165) is 0 Å². The van der Waals surface area contributed by atoms with Gasteiger partial charge in [-0.25, -0.2) is 4.39 Å². The van der Waals surface area contributed by atoms with Gasteiger partial charge in [0, 0.05) is 4.47 Å². The summed E-state index contributed by atoms with van der Waals surface area (Å²) in [4.78, 5) is 0. The van der Waals surface area contributed by atoms with E-state index in [-0.39, 0.29) is 17.2 Å². The van der Waals surface area contributed by atoms with E-state index >= 15 is 0 Å². The number of phenolic OH excluding ortho intramolecular Hbond substituents is 1. The first-order valence-electron chi connectivity index (χ1n) is 4.58. The zero-order valence-corrected chi connectivity index (χ0v) is 9.74. The number of hydrogen-bond acceptors (Lipinski definition) is 2. The Morgan fingerprint density at radius 2 is 1.81 bits per heavy atom. The first-order chi connectivity index (χ1) is 7.66. The molecule has 0 atom stereocenters. The summed E-state index contributed by atoms with van der Waals surface area (Å²) in [6.45, 7) is 0. The van der Waals surface area contributed by atoms with Crippen molar-refractivity contribution in [1.82, 2.24) is 0 Å². The summed E-state index contributed by atoms with van der Waals surface area (Å²) in [6.07, 6.45) is 0. The normalized spacial score (nSPS) is 10.1. The monoisotopic (exact) mass is 282 g/mol. The van der Waals surface area contributed by atoms with E-state index in [9.17, 15) is 9.50 Å². The molecule has 0 bridgehead atoms. The summed E-state index contributed by atoms with van der Waals surface area (Å²) < 4.78 is 19.3. The van der Waals surface area contributed by atoms with E-state index < -0.39 is 5.82 Å². The van der Waals surface area contributed by atoms with Crippen LogP contribution in [0, 0.1) is 5.82 Å². The molecule has 16 heavy (non-hydrogen) atoms. The fourth-order valence-corrected chi connectivity index (χ4v) is 1.55. The third-order valence-corrected chi connectivity index (χ3v) is 2.47. The molecule has 0 radical (unpaired) electrons. The Balaban J connectivity index is 2.31. The van der Waals surface area contributed by atoms with Crippen LogP contribution in [0.2, 0.25) is 0 Å². The van der Waals surface area contributed by atoms with E-state index in [1.165, 1.54) is 18.2 Å². The second-order valence-electron chi connectivity index (χ2n) is 3.14. The molecule has 0 heterocycles. The quantitative estimate of drug-likeness (QED) is 0.899. The zero-order chi connectivity index (χ0) is 11.5. The van der Waals surface area contributed by atoms with Gasteiger partial charge in [-0.2, -0.15) is 0 Å². The van der Waals surface area contributed by atoms with Crippen molar-refractivity contribution >= 4 is 15.9 Å². The Kier molecular flexibility index (Phi) is 3.10. The average molecular weight is 283 g/mol. The highest BCUT2D eigenvalue weighted by atomic mass is 79.9. The lowest BCUT2D eigenvalue weighted by Gasteiger charge is -2.08. The number of phenols is 1. The molecule has 0 spiro atoms. The minimum atomic E-state index is -0.488. The fraction of sp³-hybridized carbons (Fsp3) is 0. The first-order valence-corrected chi connectivity index (χ1v) is 5.37. The molecule has 4 heteroatoms. The molecule has 0 aliphatic carbocycles. The maximum atomic E-state index is 13.4. The standard InChI is InChI=1S/C12H8BrFO2/c13-8-5-6-11(9(14)7-8)16-12-4-2-1-3-10(12)15/h1-7,15H. The molecule has 0 aromatic heterocycles. The van der Waals surface area contributed by atoms with Crippen LogP contribution in [0.5, 0.6) is 17.2 Å². The maximum absolute atomic E-state index is 13.4. The summed E-state index contributed by atoms with van der Waals surface area (Å²) in [5.41, 5.74) is 0. The van der Waals surface area contributed by atoms with Gasteiger partial charge in [-0.1, -0.05) is 28.1 Å². The van der Waals surface area contributed by atoms with Gasteiger partial charge in [-0.15, -0.1) is 0 Å². The van der Waals surface area contributed by atoms with Crippen molar-refractivity contribution in [3.8, 4) is 17.2 Å². The molecule has 82 valence electrons. The van der Waals surface area contributed by atoms with Gasteiger partial charge in [0.05, 0.1) is 0 Å². The molecule has 0 aliphatic rings. The molecule has 0 fully saturated rings. The van der Waals surface area contributed by atoms with Crippen LogP contribution in [0.25, 0.3) is 0 Å². The highest BCUT2D eigenvalue weighted by molar-refractivity contribution is 9.10. The van der Waals surface area contributed by atoms with E-state index in [4.69, 9.17) is 4.74 Å². The molecular weight excluding hydrogens is 275 g/mol. The van der Waals surface area contributed by atoms with Gasteiger partial charge in [-0.05, 0) is 30.3 Å². The first kappa shape index (κ1) is 11.0. The molecule has 2 aromatic rings. The highest BCUT2D eigenvalue weighted by Gasteiger charge is 2.07. The molecule has 2 aromatic carbocycles. The number of para-hydroxylation sites is 2. The lowest BCUT2D eigenvalue weighted by molar-refractivity contribution is 0.396. The molecule has 0 amide bonds. The lowest BCUT2D eigenvalue weighted by atomic mass is 10.3. The van der Waals surface area contributed by atoms with Gasteiger partial charge in [-0.3, -0.25) is 0 Å². The van der Waals surface area contributed by atoms with Crippen molar-refractivity contribution in [2.24, 2.45) is 0 Å². The van der Waals surface area contributed by atoms with Crippen LogP contribution in [-0.2, 0) is 0 Å². The van der Waals surface area contributed by atoms with Crippen molar-refractivity contribution in [3.05, 3.63) is 52.8 Å². The summed E-state index contributed by atoms with van der Waals surface area (Å²) in [7, 11) is 0. The minimum absolute atomic E-state index is 0.0233. The number of ether oxygens (including phenoxy) is 1. The Morgan fingerprint density at radius 3 is 2.50 bits per heavy atom. The third-order valence-electron chi connectivity index (χ3n) is 1.98. The average Bonchev–Trinajstić information content (AvgIpc) is 2.25. The Labute approximate surface area is 100 Å². The van der Waals surface area contributed by atoms with Crippen LogP contribution in [-0.4, -0.2) is 5.11 Å². The van der Waals surface area contributed by atoms with Crippen molar-refractivity contribution in [3.63, 3.8) is 0 Å². The summed E-state index contributed by atoms with van der Waals surface area (Å²) in [5, 5.41) is 9.46. The molecule has 2 rings (SSSR count). The second-order valence-corrected chi connectivity index (χ2v) is 4.06. The van der Waals surface area contributed by atoms with Gasteiger partial charge in [0.1, 0.15) is 0 Å². The zero-order valence-electron chi connectivity index (χ0n) is 8.15.